The van der Waals surface area contributed by atoms with Crippen LogP contribution in [0.1, 0.15) is 22.8 Å². The second-order valence-corrected chi connectivity index (χ2v) is 6.68. The fourth-order valence-electron chi connectivity index (χ4n) is 2.88. The Morgan fingerprint density at radius 2 is 1.78 bits per heavy atom. The number of benzene rings is 2. The number of fused-ring (bicyclic) bond motifs is 1. The Balaban J connectivity index is 2.52. The van der Waals surface area contributed by atoms with E-state index in [1.165, 1.54) is 0 Å². The van der Waals surface area contributed by atoms with Crippen LogP contribution in [0.15, 0.2) is 46.2 Å². The Labute approximate surface area is 158 Å². The van der Waals surface area contributed by atoms with Crippen molar-refractivity contribution in [2.24, 2.45) is 0 Å². The van der Waals surface area contributed by atoms with Crippen LogP contribution in [0, 0.1) is 18.6 Å². The van der Waals surface area contributed by atoms with E-state index in [-0.39, 0.29) is 23.1 Å². The van der Waals surface area contributed by atoms with Gasteiger partial charge in [-0.1, -0.05) is 17.7 Å². The standard InChI is InChI=1S/C20H17F2NO3S/c1-4-26-20(25)17-18(24)13-9-14(21)15(22)10-16(13)23(19(17)27-3)12-7-5-11(2)6-8-12/h5-10H,4H2,1-3H3. The largest absolute Gasteiger partial charge is 0.462 e. The van der Waals surface area contributed by atoms with Crippen LogP contribution in [0.25, 0.3) is 16.6 Å². The number of hydrogen-bond acceptors (Lipinski definition) is 4. The van der Waals surface area contributed by atoms with Gasteiger partial charge in [0.05, 0.1) is 22.5 Å². The van der Waals surface area contributed by atoms with Gasteiger partial charge in [0, 0.05) is 11.8 Å². The van der Waals surface area contributed by atoms with Gasteiger partial charge in [-0.3, -0.25) is 4.79 Å². The number of aryl methyl sites for hydroxylation is 1. The summed E-state index contributed by atoms with van der Waals surface area (Å²) < 4.78 is 34.4. The molecule has 0 aliphatic rings. The van der Waals surface area contributed by atoms with E-state index >= 15 is 0 Å². The van der Waals surface area contributed by atoms with Gasteiger partial charge < -0.3 is 9.30 Å². The predicted octanol–water partition coefficient (Wildman–Crippen LogP) is 4.48. The third-order valence-corrected chi connectivity index (χ3v) is 4.91. The summed E-state index contributed by atoms with van der Waals surface area (Å²) in [5.74, 6) is -3.01. The molecule has 0 radical (unpaired) electrons. The maximum Gasteiger partial charge on any atom is 0.344 e. The molecular formula is C20H17F2NO3S. The van der Waals surface area contributed by atoms with Gasteiger partial charge >= 0.3 is 5.97 Å². The summed E-state index contributed by atoms with van der Waals surface area (Å²) in [7, 11) is 0. The van der Waals surface area contributed by atoms with Gasteiger partial charge in [-0.25, -0.2) is 13.6 Å². The first-order valence-corrected chi connectivity index (χ1v) is 9.47. The Morgan fingerprint density at radius 3 is 2.37 bits per heavy atom. The fraction of sp³-hybridized carbons (Fsp3) is 0.200. The van der Waals surface area contributed by atoms with E-state index in [1.54, 1.807) is 29.9 Å². The lowest BCUT2D eigenvalue weighted by molar-refractivity contribution is 0.0519. The van der Waals surface area contributed by atoms with Crippen LogP contribution >= 0.6 is 11.8 Å². The van der Waals surface area contributed by atoms with Crippen molar-refractivity contribution in [1.82, 2.24) is 4.57 Å². The second kappa shape index (κ2) is 7.52. The van der Waals surface area contributed by atoms with Crippen LogP contribution in [0.2, 0.25) is 0 Å². The minimum absolute atomic E-state index is 0.0877. The quantitative estimate of drug-likeness (QED) is 0.488. The molecule has 0 saturated heterocycles. The molecule has 0 aliphatic carbocycles. The molecule has 1 heterocycles. The van der Waals surface area contributed by atoms with E-state index in [0.29, 0.717) is 10.7 Å². The molecule has 2 aromatic carbocycles. The third-order valence-electron chi connectivity index (χ3n) is 4.13. The van der Waals surface area contributed by atoms with Crippen LogP contribution in [-0.2, 0) is 4.74 Å². The Hall–Kier alpha value is -2.67. The van der Waals surface area contributed by atoms with Crippen molar-refractivity contribution in [2.75, 3.05) is 12.9 Å². The zero-order valence-corrected chi connectivity index (χ0v) is 15.8. The highest BCUT2D eigenvalue weighted by Crippen LogP contribution is 2.29. The number of carbonyl (C=O) groups excluding carboxylic acids is 1. The Morgan fingerprint density at radius 1 is 1.15 bits per heavy atom. The van der Waals surface area contributed by atoms with E-state index in [2.05, 4.69) is 0 Å². The van der Waals surface area contributed by atoms with Crippen molar-refractivity contribution in [2.45, 2.75) is 18.9 Å². The highest BCUT2D eigenvalue weighted by Gasteiger charge is 2.25. The van der Waals surface area contributed by atoms with Gasteiger partial charge in [0.2, 0.25) is 5.43 Å². The van der Waals surface area contributed by atoms with Crippen LogP contribution in [0.4, 0.5) is 8.78 Å². The first kappa shape index (κ1) is 19.1. The van der Waals surface area contributed by atoms with Crippen LogP contribution < -0.4 is 5.43 Å². The normalized spacial score (nSPS) is 11.0. The minimum Gasteiger partial charge on any atom is -0.462 e. The lowest BCUT2D eigenvalue weighted by atomic mass is 10.1. The van der Waals surface area contributed by atoms with Gasteiger partial charge in [-0.2, -0.15) is 0 Å². The molecule has 0 amide bonds. The molecule has 7 heteroatoms. The van der Waals surface area contributed by atoms with Crippen molar-refractivity contribution >= 4 is 28.6 Å². The molecule has 3 rings (SSSR count). The van der Waals surface area contributed by atoms with Gasteiger partial charge in [0.15, 0.2) is 11.6 Å². The highest BCUT2D eigenvalue weighted by molar-refractivity contribution is 7.98. The van der Waals surface area contributed by atoms with Crippen molar-refractivity contribution in [3.8, 4) is 5.69 Å². The number of ether oxygens (including phenoxy) is 1. The highest BCUT2D eigenvalue weighted by atomic mass is 32.2. The molecule has 0 bridgehead atoms. The summed E-state index contributed by atoms with van der Waals surface area (Å²) in [6, 6.07) is 9.08. The summed E-state index contributed by atoms with van der Waals surface area (Å²) in [5, 5.41) is 0.219. The topological polar surface area (TPSA) is 48.3 Å². The van der Waals surface area contributed by atoms with Crippen LogP contribution in [0.5, 0.6) is 0 Å². The molecule has 27 heavy (non-hydrogen) atoms. The fourth-order valence-corrected chi connectivity index (χ4v) is 3.65. The van der Waals surface area contributed by atoms with Gasteiger partial charge in [-0.15, -0.1) is 11.8 Å². The Kier molecular flexibility index (Phi) is 5.32. The smallest absolute Gasteiger partial charge is 0.344 e. The monoisotopic (exact) mass is 389 g/mol. The van der Waals surface area contributed by atoms with E-state index in [1.807, 2.05) is 19.1 Å². The average Bonchev–Trinajstić information content (AvgIpc) is 2.64. The number of rotatable bonds is 4. The van der Waals surface area contributed by atoms with Crippen molar-refractivity contribution in [1.29, 1.82) is 0 Å². The minimum atomic E-state index is -1.15. The maximum atomic E-state index is 14.0. The molecule has 0 spiro atoms. The molecule has 0 atom stereocenters. The molecule has 0 fully saturated rings. The number of nitrogens with zero attached hydrogens (tertiary/aromatic N) is 1. The number of carbonyl (C=O) groups is 1. The summed E-state index contributed by atoms with van der Waals surface area (Å²) in [6.45, 7) is 3.64. The summed E-state index contributed by atoms with van der Waals surface area (Å²) in [5.41, 5.74) is 0.933. The number of halogens is 2. The van der Waals surface area contributed by atoms with E-state index in [4.69, 9.17) is 4.74 Å². The second-order valence-electron chi connectivity index (χ2n) is 5.89. The van der Waals surface area contributed by atoms with Gasteiger partial charge in [0.25, 0.3) is 0 Å². The lowest BCUT2D eigenvalue weighted by Gasteiger charge is -2.19. The zero-order chi connectivity index (χ0) is 19.7. The first-order chi connectivity index (χ1) is 12.9. The zero-order valence-electron chi connectivity index (χ0n) is 15.0. The number of thioether (sulfide) groups is 1. The van der Waals surface area contributed by atoms with E-state index < -0.39 is 23.0 Å². The predicted molar refractivity (Wildman–Crippen MR) is 102 cm³/mol. The maximum absolute atomic E-state index is 14.0. The first-order valence-electron chi connectivity index (χ1n) is 8.25. The van der Waals surface area contributed by atoms with Gasteiger partial charge in [0.1, 0.15) is 5.56 Å². The van der Waals surface area contributed by atoms with Crippen molar-refractivity contribution < 1.29 is 18.3 Å². The third kappa shape index (κ3) is 3.35. The molecule has 4 nitrogen and oxygen atoms in total. The molecule has 140 valence electrons. The molecule has 3 aromatic rings. The Bertz CT molecular complexity index is 1090. The molecule has 0 aliphatic heterocycles. The molecule has 0 unspecified atom stereocenters. The number of aromatic nitrogens is 1. The molecule has 0 N–H and O–H groups in total. The van der Waals surface area contributed by atoms with Crippen molar-refractivity contribution in [3.05, 3.63) is 69.4 Å². The molecular weight excluding hydrogens is 372 g/mol. The van der Waals surface area contributed by atoms with Gasteiger partial charge in [-0.05, 0) is 38.3 Å². The molecule has 1 aromatic heterocycles. The van der Waals surface area contributed by atoms with E-state index in [9.17, 15) is 18.4 Å². The van der Waals surface area contributed by atoms with Crippen molar-refractivity contribution in [3.63, 3.8) is 0 Å². The summed E-state index contributed by atoms with van der Waals surface area (Å²) in [4.78, 5) is 25.4. The number of pyridine rings is 1. The van der Waals surface area contributed by atoms with E-state index in [0.717, 1.165) is 29.5 Å². The molecule has 0 saturated carbocycles. The number of esters is 1. The summed E-state index contributed by atoms with van der Waals surface area (Å²) >= 11 is 1.16. The average molecular weight is 389 g/mol. The number of hydrogen-bond donors (Lipinski definition) is 0. The summed E-state index contributed by atoms with van der Waals surface area (Å²) in [6.07, 6.45) is 1.70. The lowest BCUT2D eigenvalue weighted by Crippen LogP contribution is -2.23. The SMILES string of the molecule is CCOC(=O)c1c(SC)n(-c2ccc(C)cc2)c2cc(F)c(F)cc2c1=O. The van der Waals surface area contributed by atoms with Crippen LogP contribution in [-0.4, -0.2) is 23.4 Å². The van der Waals surface area contributed by atoms with Crippen LogP contribution in [0.3, 0.4) is 0 Å².